The summed E-state index contributed by atoms with van der Waals surface area (Å²) in [5.41, 5.74) is 2.36. The molecule has 1 aliphatic rings. The van der Waals surface area contributed by atoms with Gasteiger partial charge in [0.15, 0.2) is 0 Å². The fraction of sp³-hybridized carbons (Fsp3) is 0.538. The molecule has 2 rings (SSSR count). The van der Waals surface area contributed by atoms with E-state index in [0.29, 0.717) is 6.04 Å². The van der Waals surface area contributed by atoms with Crippen LogP contribution in [0.25, 0.3) is 0 Å². The lowest BCUT2D eigenvalue weighted by atomic mass is 10.1. The number of methoxy groups -OCH3 is 1. The number of aryl methyl sites for hydroxylation is 1. The third-order valence-electron chi connectivity index (χ3n) is 3.06. The van der Waals surface area contributed by atoms with Crippen LogP contribution in [0, 0.1) is 6.92 Å². The summed E-state index contributed by atoms with van der Waals surface area (Å²) in [5, 5.41) is 6.96. The highest BCUT2D eigenvalue weighted by atomic mass is 16.5. The fourth-order valence-corrected chi connectivity index (χ4v) is 2.18. The van der Waals surface area contributed by atoms with E-state index in [-0.39, 0.29) is 0 Å². The average Bonchev–Trinajstić information content (AvgIpc) is 2.31. The van der Waals surface area contributed by atoms with Crippen LogP contribution >= 0.6 is 0 Å². The molecule has 3 heteroatoms. The van der Waals surface area contributed by atoms with Crippen LogP contribution in [0.1, 0.15) is 18.4 Å². The zero-order chi connectivity index (χ0) is 11.4. The SMILES string of the molecule is COc1ccc(NC2CCCNC2)cc1C. The number of benzene rings is 1. The van der Waals surface area contributed by atoms with Crippen molar-refractivity contribution in [3.63, 3.8) is 0 Å². The van der Waals surface area contributed by atoms with Crippen molar-refractivity contribution in [3.8, 4) is 5.75 Å². The molecule has 0 amide bonds. The summed E-state index contributed by atoms with van der Waals surface area (Å²) in [7, 11) is 1.71. The van der Waals surface area contributed by atoms with Gasteiger partial charge in [-0.1, -0.05) is 0 Å². The average molecular weight is 220 g/mol. The van der Waals surface area contributed by atoms with E-state index in [1.54, 1.807) is 7.11 Å². The van der Waals surface area contributed by atoms with Crippen LogP contribution < -0.4 is 15.4 Å². The minimum atomic E-state index is 0.557. The first-order valence-electron chi connectivity index (χ1n) is 5.91. The van der Waals surface area contributed by atoms with Gasteiger partial charge in [0, 0.05) is 18.3 Å². The predicted octanol–water partition coefficient (Wildman–Crippen LogP) is 2.17. The van der Waals surface area contributed by atoms with E-state index in [4.69, 9.17) is 4.74 Å². The van der Waals surface area contributed by atoms with Crippen molar-refractivity contribution in [1.82, 2.24) is 5.32 Å². The third kappa shape index (κ3) is 2.67. The Hall–Kier alpha value is -1.22. The lowest BCUT2D eigenvalue weighted by Crippen LogP contribution is -2.38. The van der Waals surface area contributed by atoms with Crippen LogP contribution in [-0.2, 0) is 0 Å². The van der Waals surface area contributed by atoms with Crippen LogP contribution in [-0.4, -0.2) is 26.2 Å². The quantitative estimate of drug-likeness (QED) is 0.819. The van der Waals surface area contributed by atoms with Crippen LogP contribution in [0.4, 0.5) is 5.69 Å². The highest BCUT2D eigenvalue weighted by Gasteiger charge is 2.12. The smallest absolute Gasteiger partial charge is 0.121 e. The number of anilines is 1. The molecule has 1 unspecified atom stereocenters. The molecule has 3 nitrogen and oxygen atoms in total. The maximum atomic E-state index is 5.25. The molecule has 2 N–H and O–H groups in total. The summed E-state index contributed by atoms with van der Waals surface area (Å²) in [6.07, 6.45) is 2.50. The maximum absolute atomic E-state index is 5.25. The van der Waals surface area contributed by atoms with Gasteiger partial charge in [-0.05, 0) is 50.1 Å². The lowest BCUT2D eigenvalue weighted by molar-refractivity contribution is 0.411. The van der Waals surface area contributed by atoms with E-state index in [1.807, 2.05) is 6.07 Å². The summed E-state index contributed by atoms with van der Waals surface area (Å²) in [5.74, 6) is 0.951. The van der Waals surface area contributed by atoms with E-state index >= 15 is 0 Å². The minimum Gasteiger partial charge on any atom is -0.496 e. The number of rotatable bonds is 3. The predicted molar refractivity (Wildman–Crippen MR) is 67.2 cm³/mol. The first-order valence-corrected chi connectivity index (χ1v) is 5.91. The lowest BCUT2D eigenvalue weighted by Gasteiger charge is -2.25. The molecule has 1 fully saturated rings. The van der Waals surface area contributed by atoms with Gasteiger partial charge < -0.3 is 15.4 Å². The van der Waals surface area contributed by atoms with Gasteiger partial charge in [-0.2, -0.15) is 0 Å². The van der Waals surface area contributed by atoms with Gasteiger partial charge in [-0.3, -0.25) is 0 Å². The summed E-state index contributed by atoms with van der Waals surface area (Å²) in [6, 6.07) is 6.81. The van der Waals surface area contributed by atoms with E-state index in [0.717, 1.165) is 18.8 Å². The van der Waals surface area contributed by atoms with Crippen molar-refractivity contribution in [3.05, 3.63) is 23.8 Å². The Morgan fingerprint density at radius 1 is 1.44 bits per heavy atom. The van der Waals surface area contributed by atoms with Crippen LogP contribution in [0.5, 0.6) is 5.75 Å². The topological polar surface area (TPSA) is 33.3 Å². The van der Waals surface area contributed by atoms with Crippen molar-refractivity contribution in [2.24, 2.45) is 0 Å². The number of ether oxygens (including phenoxy) is 1. The molecule has 1 aliphatic heterocycles. The van der Waals surface area contributed by atoms with Crippen molar-refractivity contribution in [2.75, 3.05) is 25.5 Å². The molecule has 1 aromatic carbocycles. The summed E-state index contributed by atoms with van der Waals surface area (Å²) in [4.78, 5) is 0. The Balaban J connectivity index is 2.01. The highest BCUT2D eigenvalue weighted by Crippen LogP contribution is 2.22. The second kappa shape index (κ2) is 5.21. The minimum absolute atomic E-state index is 0.557. The Morgan fingerprint density at radius 3 is 2.94 bits per heavy atom. The molecule has 16 heavy (non-hydrogen) atoms. The second-order valence-corrected chi connectivity index (χ2v) is 4.37. The molecule has 1 atom stereocenters. The van der Waals surface area contributed by atoms with E-state index in [1.165, 1.54) is 24.1 Å². The van der Waals surface area contributed by atoms with Gasteiger partial charge in [0.1, 0.15) is 5.75 Å². The highest BCUT2D eigenvalue weighted by molar-refractivity contribution is 5.51. The van der Waals surface area contributed by atoms with Crippen molar-refractivity contribution < 1.29 is 4.74 Å². The van der Waals surface area contributed by atoms with E-state index in [2.05, 4.69) is 29.7 Å². The Labute approximate surface area is 97.2 Å². The number of hydrogen-bond donors (Lipinski definition) is 2. The van der Waals surface area contributed by atoms with Crippen molar-refractivity contribution in [1.29, 1.82) is 0 Å². The van der Waals surface area contributed by atoms with Gasteiger partial charge in [-0.25, -0.2) is 0 Å². The van der Waals surface area contributed by atoms with Crippen molar-refractivity contribution >= 4 is 5.69 Å². The molecular weight excluding hydrogens is 200 g/mol. The zero-order valence-corrected chi connectivity index (χ0v) is 10.0. The number of piperidine rings is 1. The maximum Gasteiger partial charge on any atom is 0.121 e. The molecule has 1 heterocycles. The molecule has 88 valence electrons. The molecular formula is C13H20N2O. The zero-order valence-electron chi connectivity index (χ0n) is 10.0. The van der Waals surface area contributed by atoms with Crippen LogP contribution in [0.3, 0.4) is 0 Å². The van der Waals surface area contributed by atoms with Gasteiger partial charge in [0.25, 0.3) is 0 Å². The largest absolute Gasteiger partial charge is 0.496 e. The Kier molecular flexibility index (Phi) is 3.67. The van der Waals surface area contributed by atoms with Gasteiger partial charge in [0.05, 0.1) is 7.11 Å². The summed E-state index contributed by atoms with van der Waals surface area (Å²) >= 11 is 0. The molecule has 1 aromatic rings. The molecule has 0 aromatic heterocycles. The molecule has 0 aliphatic carbocycles. The standard InChI is InChI=1S/C13H20N2O/c1-10-8-11(5-6-13(10)16-2)15-12-4-3-7-14-9-12/h5-6,8,12,14-15H,3-4,7,9H2,1-2H3. The first-order chi connectivity index (χ1) is 7.79. The van der Waals surface area contributed by atoms with Gasteiger partial charge in [-0.15, -0.1) is 0 Å². The van der Waals surface area contributed by atoms with Gasteiger partial charge >= 0.3 is 0 Å². The molecule has 0 bridgehead atoms. The van der Waals surface area contributed by atoms with Gasteiger partial charge in [0.2, 0.25) is 0 Å². The van der Waals surface area contributed by atoms with E-state index in [9.17, 15) is 0 Å². The van der Waals surface area contributed by atoms with E-state index < -0.39 is 0 Å². The second-order valence-electron chi connectivity index (χ2n) is 4.37. The first kappa shape index (κ1) is 11.3. The normalized spacial score (nSPS) is 20.5. The third-order valence-corrected chi connectivity index (χ3v) is 3.06. The monoisotopic (exact) mass is 220 g/mol. The number of hydrogen-bond acceptors (Lipinski definition) is 3. The fourth-order valence-electron chi connectivity index (χ4n) is 2.18. The molecule has 1 saturated heterocycles. The Bertz CT molecular complexity index is 346. The molecule has 0 saturated carbocycles. The van der Waals surface area contributed by atoms with Crippen LogP contribution in [0.15, 0.2) is 18.2 Å². The molecule has 0 radical (unpaired) electrons. The summed E-state index contributed by atoms with van der Waals surface area (Å²) in [6.45, 7) is 4.29. The van der Waals surface area contributed by atoms with Crippen molar-refractivity contribution in [2.45, 2.75) is 25.8 Å². The Morgan fingerprint density at radius 2 is 2.31 bits per heavy atom. The molecule has 0 spiro atoms. The van der Waals surface area contributed by atoms with Crippen LogP contribution in [0.2, 0.25) is 0 Å². The number of nitrogens with one attached hydrogen (secondary N) is 2. The summed E-state index contributed by atoms with van der Waals surface area (Å²) < 4.78 is 5.25.